The second kappa shape index (κ2) is 14.6. The molecule has 12 aromatic rings. The van der Waals surface area contributed by atoms with Crippen LogP contribution in [0.15, 0.2) is 223 Å². The third-order valence-corrected chi connectivity index (χ3v) is 15.6. The molecule has 2 aromatic heterocycles. The van der Waals surface area contributed by atoms with Crippen molar-refractivity contribution in [2.45, 2.75) is 38.5 Å². The first kappa shape index (κ1) is 39.7. The summed E-state index contributed by atoms with van der Waals surface area (Å²) in [5.74, 6) is 0. The van der Waals surface area contributed by atoms with Crippen molar-refractivity contribution in [3.05, 3.63) is 241 Å². The Kier molecular flexibility index (Phi) is 8.38. The molecule has 0 atom stereocenters. The fourth-order valence-corrected chi connectivity index (χ4v) is 12.2. The van der Waals surface area contributed by atoms with Crippen LogP contribution in [0.3, 0.4) is 0 Å². The average molecular weight is 885 g/mol. The molecule has 2 aliphatic carbocycles. The Balaban J connectivity index is 0.948. The molecule has 0 amide bonds. The fraction of sp³-hybridized carbons (Fsp3) is 0.0909. The SMILES string of the molecule is CC1(C)c2ccccc2-c2cc3c4cc(-c5cccc(N(c6ccc(-c7cccc8c7oc7ccccc78)cc6)c6cccc7c6-c6ccccc6C7(C)C)c5)ccc4n(-c4ccccc4)c3cc21. The Bertz CT molecular complexity index is 4070. The zero-order valence-electron chi connectivity index (χ0n) is 39.1. The van der Waals surface area contributed by atoms with E-state index in [1.54, 1.807) is 0 Å². The molecule has 14 rings (SSSR count). The topological polar surface area (TPSA) is 21.3 Å². The second-order valence-corrected chi connectivity index (χ2v) is 20.1. The molecule has 0 fully saturated rings. The molecule has 0 saturated heterocycles. The Morgan fingerprint density at radius 1 is 0.377 bits per heavy atom. The smallest absolute Gasteiger partial charge is 0.143 e. The van der Waals surface area contributed by atoms with Gasteiger partial charge in [0.2, 0.25) is 0 Å². The molecule has 328 valence electrons. The van der Waals surface area contributed by atoms with Gasteiger partial charge in [0.15, 0.2) is 0 Å². The number of hydrogen-bond acceptors (Lipinski definition) is 2. The monoisotopic (exact) mass is 884 g/mol. The molecular weight excluding hydrogens is 837 g/mol. The van der Waals surface area contributed by atoms with Crippen LogP contribution in [0, 0.1) is 0 Å². The summed E-state index contributed by atoms with van der Waals surface area (Å²) in [6.45, 7) is 9.46. The van der Waals surface area contributed by atoms with Crippen LogP contribution in [0.5, 0.6) is 0 Å². The van der Waals surface area contributed by atoms with Crippen LogP contribution in [0.4, 0.5) is 17.1 Å². The molecule has 2 aliphatic rings. The normalized spacial score (nSPS) is 14.0. The first-order chi connectivity index (χ1) is 33.7. The number of fused-ring (bicyclic) bond motifs is 12. The van der Waals surface area contributed by atoms with Gasteiger partial charge in [-0.3, -0.25) is 0 Å². The lowest BCUT2D eigenvalue weighted by atomic mass is 9.82. The van der Waals surface area contributed by atoms with Gasteiger partial charge in [-0.15, -0.1) is 0 Å². The molecule has 10 aromatic carbocycles. The standard InChI is InChI=1S/C66H48N2O/c1-65(2)56-27-12-9-23-51(56)63-57(65)28-16-29-60(63)67(45-34-31-41(32-35-45)47-24-15-25-50-49-22-10-13-30-62(49)69-64(47)50)46-20-14-17-42(37-46)43-33-36-59-53(38-43)54-39-52-48-21-8-11-26-55(48)66(3,4)58(52)40-61(54)68(59)44-18-6-5-7-19-44/h5-40H,1-4H3. The van der Waals surface area contributed by atoms with Gasteiger partial charge >= 0.3 is 0 Å². The summed E-state index contributed by atoms with van der Waals surface area (Å²) in [6.07, 6.45) is 0. The van der Waals surface area contributed by atoms with Crippen molar-refractivity contribution in [2.75, 3.05) is 4.90 Å². The molecule has 3 heteroatoms. The van der Waals surface area contributed by atoms with E-state index in [1.807, 2.05) is 6.07 Å². The predicted molar refractivity (Wildman–Crippen MR) is 289 cm³/mol. The average Bonchev–Trinajstić information content (AvgIpc) is 4.07. The van der Waals surface area contributed by atoms with Crippen molar-refractivity contribution in [2.24, 2.45) is 0 Å². The number of para-hydroxylation sites is 3. The lowest BCUT2D eigenvalue weighted by molar-refractivity contribution is 0.660. The van der Waals surface area contributed by atoms with Crippen LogP contribution in [0.25, 0.3) is 93.9 Å². The van der Waals surface area contributed by atoms with Crippen LogP contribution in [-0.4, -0.2) is 4.57 Å². The maximum atomic E-state index is 6.52. The lowest BCUT2D eigenvalue weighted by Gasteiger charge is -2.29. The third kappa shape index (κ3) is 5.74. The second-order valence-electron chi connectivity index (χ2n) is 20.1. The molecular formula is C66H48N2O. The van der Waals surface area contributed by atoms with Crippen molar-refractivity contribution >= 4 is 60.8 Å². The first-order valence-corrected chi connectivity index (χ1v) is 24.2. The van der Waals surface area contributed by atoms with Crippen molar-refractivity contribution in [3.8, 4) is 50.2 Å². The Hall–Kier alpha value is -8.40. The number of anilines is 3. The van der Waals surface area contributed by atoms with E-state index in [9.17, 15) is 0 Å². The first-order valence-electron chi connectivity index (χ1n) is 24.2. The molecule has 2 heterocycles. The van der Waals surface area contributed by atoms with Crippen molar-refractivity contribution in [1.82, 2.24) is 4.57 Å². The largest absolute Gasteiger partial charge is 0.455 e. The highest BCUT2D eigenvalue weighted by molar-refractivity contribution is 6.13. The molecule has 0 N–H and O–H groups in total. The fourth-order valence-electron chi connectivity index (χ4n) is 12.2. The van der Waals surface area contributed by atoms with Gasteiger partial charge in [0.05, 0.1) is 16.7 Å². The summed E-state index contributed by atoms with van der Waals surface area (Å²) >= 11 is 0. The molecule has 3 nitrogen and oxygen atoms in total. The third-order valence-electron chi connectivity index (χ3n) is 15.6. The zero-order chi connectivity index (χ0) is 46.2. The van der Waals surface area contributed by atoms with Gasteiger partial charge in [0.25, 0.3) is 0 Å². The molecule has 0 aliphatic heterocycles. The predicted octanol–water partition coefficient (Wildman–Crippen LogP) is 18.1. The van der Waals surface area contributed by atoms with Gasteiger partial charge in [-0.2, -0.15) is 0 Å². The molecule has 0 radical (unpaired) electrons. The maximum absolute atomic E-state index is 6.52. The van der Waals surface area contributed by atoms with E-state index in [-0.39, 0.29) is 10.8 Å². The molecule has 0 spiro atoms. The van der Waals surface area contributed by atoms with Crippen LogP contribution >= 0.6 is 0 Å². The van der Waals surface area contributed by atoms with Crippen LogP contribution in [0.1, 0.15) is 49.9 Å². The molecule has 69 heavy (non-hydrogen) atoms. The van der Waals surface area contributed by atoms with Crippen molar-refractivity contribution in [1.29, 1.82) is 0 Å². The van der Waals surface area contributed by atoms with Gasteiger partial charge in [-0.25, -0.2) is 0 Å². The van der Waals surface area contributed by atoms with Crippen LogP contribution in [-0.2, 0) is 10.8 Å². The molecule has 0 bridgehead atoms. The van der Waals surface area contributed by atoms with E-state index in [2.05, 4.69) is 249 Å². The summed E-state index contributed by atoms with van der Waals surface area (Å²) in [5, 5.41) is 4.78. The van der Waals surface area contributed by atoms with Gasteiger partial charge in [0, 0.05) is 60.6 Å². The Morgan fingerprint density at radius 3 is 1.84 bits per heavy atom. The zero-order valence-corrected chi connectivity index (χ0v) is 39.1. The van der Waals surface area contributed by atoms with E-state index >= 15 is 0 Å². The number of hydrogen-bond donors (Lipinski definition) is 0. The van der Waals surface area contributed by atoms with Crippen molar-refractivity contribution < 1.29 is 4.42 Å². The summed E-state index contributed by atoms with van der Waals surface area (Å²) < 4.78 is 8.97. The van der Waals surface area contributed by atoms with E-state index < -0.39 is 0 Å². The van der Waals surface area contributed by atoms with Crippen LogP contribution < -0.4 is 4.90 Å². The number of aromatic nitrogens is 1. The summed E-state index contributed by atoms with van der Waals surface area (Å²) in [4.78, 5) is 2.47. The van der Waals surface area contributed by atoms with Gasteiger partial charge < -0.3 is 13.9 Å². The maximum Gasteiger partial charge on any atom is 0.143 e. The van der Waals surface area contributed by atoms with Gasteiger partial charge in [-0.05, 0) is 128 Å². The quantitative estimate of drug-likeness (QED) is 0.166. The van der Waals surface area contributed by atoms with Crippen LogP contribution in [0.2, 0.25) is 0 Å². The summed E-state index contributed by atoms with van der Waals surface area (Å²) in [7, 11) is 0. The highest BCUT2D eigenvalue weighted by Gasteiger charge is 2.38. The highest BCUT2D eigenvalue weighted by Crippen LogP contribution is 2.55. The minimum absolute atomic E-state index is 0.102. The van der Waals surface area contributed by atoms with E-state index in [1.165, 1.54) is 71.9 Å². The van der Waals surface area contributed by atoms with E-state index in [0.29, 0.717) is 0 Å². The summed E-state index contributed by atoms with van der Waals surface area (Å²) in [6, 6.07) is 80.6. The number of rotatable bonds is 6. The number of benzene rings is 10. The van der Waals surface area contributed by atoms with Crippen molar-refractivity contribution in [3.63, 3.8) is 0 Å². The highest BCUT2D eigenvalue weighted by atomic mass is 16.3. The Morgan fingerprint density at radius 2 is 1.00 bits per heavy atom. The number of nitrogens with zero attached hydrogens (tertiary/aromatic N) is 2. The minimum atomic E-state index is -0.142. The van der Waals surface area contributed by atoms with E-state index in [4.69, 9.17) is 4.42 Å². The molecule has 0 unspecified atom stereocenters. The molecule has 0 saturated carbocycles. The summed E-state index contributed by atoms with van der Waals surface area (Å²) in [5.41, 5.74) is 23.8. The lowest BCUT2D eigenvalue weighted by Crippen LogP contribution is -2.16. The number of furan rings is 1. The Labute approximate surface area is 402 Å². The van der Waals surface area contributed by atoms with Gasteiger partial charge in [0.1, 0.15) is 11.2 Å². The minimum Gasteiger partial charge on any atom is -0.455 e. The van der Waals surface area contributed by atoms with E-state index in [0.717, 1.165) is 61.4 Å². The van der Waals surface area contributed by atoms with Gasteiger partial charge in [-0.1, -0.05) is 173 Å².